The quantitative estimate of drug-likeness (QED) is 0.478. The van der Waals surface area contributed by atoms with Gasteiger partial charge in [0, 0.05) is 18.6 Å². The molecular weight excluding hydrogens is 348 g/mol. The number of carbonyl (C=O) groups excluding carboxylic acids is 2. The second-order valence-corrected chi connectivity index (χ2v) is 7.06. The van der Waals surface area contributed by atoms with E-state index < -0.39 is 23.7 Å². The minimum absolute atomic E-state index is 0.0987. The summed E-state index contributed by atoms with van der Waals surface area (Å²) in [7, 11) is 0. The van der Waals surface area contributed by atoms with Crippen molar-refractivity contribution < 1.29 is 23.8 Å². The molecule has 7 heteroatoms. The molecule has 2 rings (SSSR count). The zero-order valence-electron chi connectivity index (χ0n) is 15.7. The molecule has 0 fully saturated rings. The Bertz CT molecular complexity index is 754. The van der Waals surface area contributed by atoms with Crippen LogP contribution in [0.25, 0.3) is 0 Å². The summed E-state index contributed by atoms with van der Waals surface area (Å²) in [6.07, 6.45) is 2.12. The highest BCUT2D eigenvalue weighted by Gasteiger charge is 2.26. The highest BCUT2D eigenvalue weighted by atomic mass is 16.6. The number of aromatic nitrogens is 1. The first-order valence-corrected chi connectivity index (χ1v) is 8.61. The third kappa shape index (κ3) is 7.35. The molecule has 144 valence electrons. The fourth-order valence-electron chi connectivity index (χ4n) is 2.29. The lowest BCUT2D eigenvalue weighted by molar-refractivity contribution is -0.605. The smallest absolute Gasteiger partial charge is 0.408 e. The number of amides is 1. The maximum atomic E-state index is 12.5. The predicted octanol–water partition coefficient (Wildman–Crippen LogP) is 2.50. The minimum atomic E-state index is -0.939. The van der Waals surface area contributed by atoms with Crippen molar-refractivity contribution in [3.63, 3.8) is 0 Å². The largest absolute Gasteiger partial charge is 0.619 e. The van der Waals surface area contributed by atoms with Gasteiger partial charge in [-0.05, 0) is 31.9 Å². The molecule has 1 N–H and O–H groups in total. The van der Waals surface area contributed by atoms with Crippen LogP contribution in [0.4, 0.5) is 4.79 Å². The summed E-state index contributed by atoms with van der Waals surface area (Å²) in [6.45, 7) is 5.31. The number of pyridine rings is 1. The van der Waals surface area contributed by atoms with E-state index in [4.69, 9.17) is 9.47 Å². The normalized spacial score (nSPS) is 12.1. The molecule has 2 aromatic rings. The number of nitrogens with one attached hydrogen (secondary N) is 1. The number of rotatable bonds is 6. The van der Waals surface area contributed by atoms with Crippen molar-refractivity contribution in [3.8, 4) is 0 Å². The monoisotopic (exact) mass is 372 g/mol. The van der Waals surface area contributed by atoms with Crippen molar-refractivity contribution in [2.45, 2.75) is 45.4 Å². The summed E-state index contributed by atoms with van der Waals surface area (Å²) >= 11 is 0. The topological polar surface area (TPSA) is 91.6 Å². The Morgan fingerprint density at radius 3 is 2.30 bits per heavy atom. The summed E-state index contributed by atoms with van der Waals surface area (Å²) in [4.78, 5) is 24.6. The van der Waals surface area contributed by atoms with Gasteiger partial charge < -0.3 is 20.0 Å². The van der Waals surface area contributed by atoms with E-state index in [1.165, 1.54) is 12.4 Å². The van der Waals surface area contributed by atoms with Crippen LogP contribution in [0.3, 0.4) is 0 Å². The van der Waals surface area contributed by atoms with Gasteiger partial charge in [-0.2, -0.15) is 4.73 Å². The number of hydrogen-bond donors (Lipinski definition) is 1. The molecule has 0 spiro atoms. The van der Waals surface area contributed by atoms with Crippen LogP contribution < -0.4 is 10.0 Å². The predicted molar refractivity (Wildman–Crippen MR) is 98.5 cm³/mol. The van der Waals surface area contributed by atoms with Crippen molar-refractivity contribution in [1.82, 2.24) is 5.32 Å². The van der Waals surface area contributed by atoms with Gasteiger partial charge in [-0.25, -0.2) is 9.59 Å². The summed E-state index contributed by atoms with van der Waals surface area (Å²) < 4.78 is 11.2. The first kappa shape index (κ1) is 20.2. The Balaban J connectivity index is 2.06. The van der Waals surface area contributed by atoms with E-state index in [1.54, 1.807) is 32.9 Å². The summed E-state index contributed by atoms with van der Waals surface area (Å²) in [5, 5.41) is 13.7. The highest BCUT2D eigenvalue weighted by molar-refractivity contribution is 5.81. The minimum Gasteiger partial charge on any atom is -0.619 e. The van der Waals surface area contributed by atoms with Crippen molar-refractivity contribution in [1.29, 1.82) is 0 Å². The molecule has 0 saturated carbocycles. The maximum absolute atomic E-state index is 12.5. The molecule has 0 bridgehead atoms. The molecule has 1 amide bonds. The van der Waals surface area contributed by atoms with E-state index in [9.17, 15) is 14.8 Å². The van der Waals surface area contributed by atoms with Crippen molar-refractivity contribution in [2.24, 2.45) is 0 Å². The average Bonchev–Trinajstić information content (AvgIpc) is 2.60. The number of nitrogens with zero attached hydrogens (tertiary/aromatic N) is 1. The number of carbonyl (C=O) groups is 2. The zero-order valence-corrected chi connectivity index (χ0v) is 15.7. The molecular formula is C20H24N2O5. The molecule has 1 aromatic heterocycles. The van der Waals surface area contributed by atoms with Gasteiger partial charge in [-0.15, -0.1) is 0 Å². The molecule has 7 nitrogen and oxygen atoms in total. The fraction of sp³-hybridized carbons (Fsp3) is 0.350. The van der Waals surface area contributed by atoms with Crippen LogP contribution in [0.15, 0.2) is 54.9 Å². The Labute approximate surface area is 158 Å². The lowest BCUT2D eigenvalue weighted by Crippen LogP contribution is -2.45. The lowest BCUT2D eigenvalue weighted by atomic mass is 10.1. The molecule has 1 heterocycles. The zero-order chi connectivity index (χ0) is 19.9. The first-order valence-electron chi connectivity index (χ1n) is 8.61. The number of ether oxygens (including phenoxy) is 2. The Morgan fingerprint density at radius 2 is 1.70 bits per heavy atom. The van der Waals surface area contributed by atoms with Gasteiger partial charge in [0.1, 0.15) is 18.2 Å². The molecule has 0 radical (unpaired) electrons. The van der Waals surface area contributed by atoms with Gasteiger partial charge in [-0.3, -0.25) is 0 Å². The second-order valence-electron chi connectivity index (χ2n) is 7.06. The Hall–Kier alpha value is -3.09. The van der Waals surface area contributed by atoms with E-state index in [2.05, 4.69) is 5.32 Å². The van der Waals surface area contributed by atoms with Crippen LogP contribution in [0.5, 0.6) is 0 Å². The van der Waals surface area contributed by atoms with E-state index in [0.29, 0.717) is 10.3 Å². The number of hydrogen-bond acceptors (Lipinski definition) is 5. The van der Waals surface area contributed by atoms with Crippen LogP contribution in [0, 0.1) is 5.21 Å². The molecule has 1 aromatic carbocycles. The van der Waals surface area contributed by atoms with E-state index >= 15 is 0 Å². The Morgan fingerprint density at radius 1 is 1.07 bits per heavy atom. The Kier molecular flexibility index (Phi) is 6.76. The van der Waals surface area contributed by atoms with Gasteiger partial charge in [0.2, 0.25) is 0 Å². The molecule has 0 saturated heterocycles. The van der Waals surface area contributed by atoms with Crippen molar-refractivity contribution in [3.05, 3.63) is 71.2 Å². The number of esters is 1. The molecule has 0 aliphatic heterocycles. The van der Waals surface area contributed by atoms with Crippen LogP contribution in [-0.4, -0.2) is 23.7 Å². The van der Waals surface area contributed by atoms with Gasteiger partial charge >= 0.3 is 12.1 Å². The van der Waals surface area contributed by atoms with Gasteiger partial charge in [-0.1, -0.05) is 30.3 Å². The third-order valence-electron chi connectivity index (χ3n) is 3.51. The molecule has 1 atom stereocenters. The van der Waals surface area contributed by atoms with Crippen LogP contribution >= 0.6 is 0 Å². The second kappa shape index (κ2) is 9.02. The molecule has 0 aliphatic carbocycles. The summed E-state index contributed by atoms with van der Waals surface area (Å²) in [6, 6.07) is 11.5. The van der Waals surface area contributed by atoms with Gasteiger partial charge in [0.05, 0.1) is 0 Å². The van der Waals surface area contributed by atoms with Crippen LogP contribution in [-0.2, 0) is 27.3 Å². The lowest BCUT2D eigenvalue weighted by Gasteiger charge is -2.23. The van der Waals surface area contributed by atoms with Crippen molar-refractivity contribution in [2.75, 3.05) is 0 Å². The number of benzene rings is 1. The third-order valence-corrected chi connectivity index (χ3v) is 3.51. The van der Waals surface area contributed by atoms with Gasteiger partial charge in [0.25, 0.3) is 0 Å². The summed E-state index contributed by atoms with van der Waals surface area (Å²) in [5.74, 6) is -0.580. The van der Waals surface area contributed by atoms with E-state index in [-0.39, 0.29) is 13.0 Å². The van der Waals surface area contributed by atoms with E-state index in [0.717, 1.165) is 5.56 Å². The molecule has 27 heavy (non-hydrogen) atoms. The maximum Gasteiger partial charge on any atom is 0.408 e. The van der Waals surface area contributed by atoms with E-state index in [1.807, 2.05) is 30.3 Å². The molecule has 0 unspecified atom stereocenters. The van der Waals surface area contributed by atoms with Crippen LogP contribution in [0.1, 0.15) is 31.9 Å². The highest BCUT2D eigenvalue weighted by Crippen LogP contribution is 2.10. The van der Waals surface area contributed by atoms with Gasteiger partial charge in [0.15, 0.2) is 12.4 Å². The van der Waals surface area contributed by atoms with Crippen molar-refractivity contribution >= 4 is 12.1 Å². The standard InChI is InChI=1S/C20H24N2O5/c1-20(2,3)27-19(24)21-17(13-15-9-11-22(25)12-10-15)18(23)26-14-16-7-5-4-6-8-16/h4-12,17H,13-14H2,1-3H3,(H,21,24)/t17-/m0/s1. The average molecular weight is 372 g/mol. The molecule has 0 aliphatic rings. The SMILES string of the molecule is CC(C)(C)OC(=O)N[C@@H](Cc1cc[n+]([O-])cc1)C(=O)OCc1ccccc1. The van der Waals surface area contributed by atoms with Crippen LogP contribution in [0.2, 0.25) is 0 Å². The fourth-order valence-corrected chi connectivity index (χ4v) is 2.29. The summed E-state index contributed by atoms with van der Waals surface area (Å²) in [5.41, 5.74) is 0.859. The number of alkyl carbamates (subject to hydrolysis) is 1. The first-order chi connectivity index (χ1) is 12.7.